The van der Waals surface area contributed by atoms with Gasteiger partial charge in [-0.25, -0.2) is 4.98 Å². The molecular formula is C19H14Cl2N4O2. The highest BCUT2D eigenvalue weighted by molar-refractivity contribution is 6.50. The SMILES string of the molecule is Cc1cc(=O)[nH]c(/C(=N/Nc2cccc(Cl)c2)C(=O)c2ccc(Cl)cc2)n1. The Hall–Kier alpha value is -2.96. The zero-order valence-electron chi connectivity index (χ0n) is 14.2. The Kier molecular flexibility index (Phi) is 5.69. The molecule has 0 saturated carbocycles. The third-order valence-electron chi connectivity index (χ3n) is 3.54. The van der Waals surface area contributed by atoms with Crippen molar-refractivity contribution in [3.05, 3.63) is 92.1 Å². The Morgan fingerprint density at radius 2 is 1.81 bits per heavy atom. The number of carbonyl (C=O) groups is 1. The summed E-state index contributed by atoms with van der Waals surface area (Å²) in [6, 6.07) is 14.5. The molecule has 27 heavy (non-hydrogen) atoms. The average molecular weight is 401 g/mol. The van der Waals surface area contributed by atoms with Crippen LogP contribution >= 0.6 is 23.2 Å². The van der Waals surface area contributed by atoms with Gasteiger partial charge in [0, 0.05) is 27.4 Å². The molecule has 3 aromatic rings. The van der Waals surface area contributed by atoms with Gasteiger partial charge in [0.2, 0.25) is 5.78 Å². The largest absolute Gasteiger partial charge is 0.305 e. The Balaban J connectivity index is 2.05. The quantitative estimate of drug-likeness (QED) is 0.383. The van der Waals surface area contributed by atoms with Crippen LogP contribution in [0.3, 0.4) is 0 Å². The van der Waals surface area contributed by atoms with Gasteiger partial charge in [-0.1, -0.05) is 29.3 Å². The van der Waals surface area contributed by atoms with Crippen LogP contribution in [0.5, 0.6) is 0 Å². The molecule has 1 aromatic heterocycles. The van der Waals surface area contributed by atoms with Crippen LogP contribution in [0.1, 0.15) is 21.9 Å². The topological polar surface area (TPSA) is 87.2 Å². The number of aromatic nitrogens is 2. The highest BCUT2D eigenvalue weighted by atomic mass is 35.5. The molecule has 6 nitrogen and oxygen atoms in total. The van der Waals surface area contributed by atoms with Crippen LogP contribution in [0.2, 0.25) is 10.0 Å². The maximum Gasteiger partial charge on any atom is 0.251 e. The van der Waals surface area contributed by atoms with E-state index >= 15 is 0 Å². The third kappa shape index (κ3) is 4.81. The number of Topliss-reactive ketones (excluding diaryl/α,β-unsaturated/α-hetero) is 1. The maximum absolute atomic E-state index is 13.0. The molecule has 0 fully saturated rings. The number of hydrogen-bond acceptors (Lipinski definition) is 5. The maximum atomic E-state index is 13.0. The summed E-state index contributed by atoms with van der Waals surface area (Å²) in [5, 5.41) is 5.20. The predicted octanol–water partition coefficient (Wildman–Crippen LogP) is 4.08. The lowest BCUT2D eigenvalue weighted by molar-refractivity contribution is 0.106. The van der Waals surface area contributed by atoms with Crippen LogP contribution in [0, 0.1) is 6.92 Å². The van der Waals surface area contributed by atoms with Crippen molar-refractivity contribution in [2.45, 2.75) is 6.92 Å². The van der Waals surface area contributed by atoms with Gasteiger partial charge < -0.3 is 4.98 Å². The second kappa shape index (κ2) is 8.16. The molecule has 1 heterocycles. The van der Waals surface area contributed by atoms with E-state index in [1.165, 1.54) is 6.07 Å². The van der Waals surface area contributed by atoms with E-state index in [0.29, 0.717) is 27.0 Å². The number of aryl methyl sites for hydroxylation is 1. The average Bonchev–Trinajstić information content (AvgIpc) is 2.61. The molecule has 0 aliphatic heterocycles. The monoisotopic (exact) mass is 400 g/mol. The van der Waals surface area contributed by atoms with Crippen LogP contribution in [0.25, 0.3) is 0 Å². The van der Waals surface area contributed by atoms with Crippen molar-refractivity contribution in [2.75, 3.05) is 5.43 Å². The molecule has 0 aliphatic rings. The molecule has 0 spiro atoms. The summed E-state index contributed by atoms with van der Waals surface area (Å²) in [5.74, 6) is -0.357. The number of rotatable bonds is 5. The smallest absolute Gasteiger partial charge is 0.251 e. The van der Waals surface area contributed by atoms with Crippen LogP contribution in [-0.2, 0) is 0 Å². The number of H-pyrrole nitrogens is 1. The van der Waals surface area contributed by atoms with Crippen molar-refractivity contribution < 1.29 is 4.79 Å². The molecule has 0 bridgehead atoms. The summed E-state index contributed by atoms with van der Waals surface area (Å²) in [6.07, 6.45) is 0. The van der Waals surface area contributed by atoms with Gasteiger partial charge in [0.05, 0.1) is 5.69 Å². The summed E-state index contributed by atoms with van der Waals surface area (Å²) in [5.41, 5.74) is 3.76. The van der Waals surface area contributed by atoms with E-state index < -0.39 is 5.78 Å². The molecule has 136 valence electrons. The van der Waals surface area contributed by atoms with Crippen molar-refractivity contribution in [3.8, 4) is 0 Å². The van der Waals surface area contributed by atoms with Gasteiger partial charge in [0.1, 0.15) is 0 Å². The normalized spacial score (nSPS) is 11.3. The van der Waals surface area contributed by atoms with Crippen LogP contribution in [0.15, 0.2) is 64.5 Å². The van der Waals surface area contributed by atoms with Gasteiger partial charge in [0.15, 0.2) is 11.5 Å². The van der Waals surface area contributed by atoms with Gasteiger partial charge in [-0.05, 0) is 49.4 Å². The van der Waals surface area contributed by atoms with Gasteiger partial charge >= 0.3 is 0 Å². The van der Waals surface area contributed by atoms with E-state index in [0.717, 1.165) is 0 Å². The lowest BCUT2D eigenvalue weighted by Crippen LogP contribution is -2.24. The van der Waals surface area contributed by atoms with Gasteiger partial charge in [-0.3, -0.25) is 15.0 Å². The molecule has 0 unspecified atom stereocenters. The molecule has 0 amide bonds. The van der Waals surface area contributed by atoms with Crippen molar-refractivity contribution in [2.24, 2.45) is 5.10 Å². The lowest BCUT2D eigenvalue weighted by Gasteiger charge is -2.08. The molecular weight excluding hydrogens is 387 g/mol. The number of halogens is 2. The van der Waals surface area contributed by atoms with Gasteiger partial charge in [-0.2, -0.15) is 5.10 Å². The molecule has 0 saturated heterocycles. The number of aromatic amines is 1. The summed E-state index contributed by atoms with van der Waals surface area (Å²) >= 11 is 11.8. The molecule has 2 N–H and O–H groups in total. The molecule has 0 aliphatic carbocycles. The molecule has 0 atom stereocenters. The van der Waals surface area contributed by atoms with E-state index in [1.54, 1.807) is 55.5 Å². The Bertz CT molecular complexity index is 1080. The number of carbonyl (C=O) groups excluding carboxylic acids is 1. The van der Waals surface area contributed by atoms with Crippen LogP contribution < -0.4 is 11.0 Å². The fraction of sp³-hybridized carbons (Fsp3) is 0.0526. The summed E-state index contributed by atoms with van der Waals surface area (Å²) in [6.45, 7) is 1.66. The fourth-order valence-corrected chi connectivity index (χ4v) is 2.64. The standard InChI is InChI=1S/C19H14Cl2N4O2/c1-11-9-16(26)23-19(22-11)17(18(27)12-5-7-13(20)8-6-12)25-24-15-4-2-3-14(21)10-15/h2-10,24H,1H3,(H,22,23,26)/b25-17+. The minimum absolute atomic E-state index is 0.0434. The number of nitrogens with one attached hydrogen (secondary N) is 2. The summed E-state index contributed by atoms with van der Waals surface area (Å²) < 4.78 is 0. The molecule has 3 rings (SSSR count). The van der Waals surface area contributed by atoms with E-state index in [2.05, 4.69) is 20.5 Å². The molecule has 8 heteroatoms. The zero-order chi connectivity index (χ0) is 19.4. The first kappa shape index (κ1) is 18.8. The number of hydrazone groups is 1. The van der Waals surface area contributed by atoms with Crippen molar-refractivity contribution in [3.63, 3.8) is 0 Å². The molecule has 2 aromatic carbocycles. The van der Waals surface area contributed by atoms with E-state index in [4.69, 9.17) is 23.2 Å². The second-order valence-electron chi connectivity index (χ2n) is 5.65. The highest BCUT2D eigenvalue weighted by Crippen LogP contribution is 2.16. The number of anilines is 1. The van der Waals surface area contributed by atoms with Crippen molar-refractivity contribution in [1.82, 2.24) is 9.97 Å². The Morgan fingerprint density at radius 1 is 1.07 bits per heavy atom. The molecule has 0 radical (unpaired) electrons. The van der Waals surface area contributed by atoms with Gasteiger partial charge in [0.25, 0.3) is 5.56 Å². The predicted molar refractivity (Wildman–Crippen MR) is 107 cm³/mol. The van der Waals surface area contributed by atoms with Crippen LogP contribution in [0.4, 0.5) is 5.69 Å². The zero-order valence-corrected chi connectivity index (χ0v) is 15.7. The third-order valence-corrected chi connectivity index (χ3v) is 4.02. The van der Waals surface area contributed by atoms with E-state index in [-0.39, 0.29) is 17.1 Å². The second-order valence-corrected chi connectivity index (χ2v) is 6.53. The lowest BCUT2D eigenvalue weighted by atomic mass is 10.1. The van der Waals surface area contributed by atoms with Gasteiger partial charge in [-0.15, -0.1) is 0 Å². The van der Waals surface area contributed by atoms with E-state index in [1.807, 2.05) is 0 Å². The number of nitrogens with zero attached hydrogens (tertiary/aromatic N) is 2. The Labute approximate surface area is 164 Å². The highest BCUT2D eigenvalue weighted by Gasteiger charge is 2.19. The number of hydrogen-bond donors (Lipinski definition) is 2. The van der Waals surface area contributed by atoms with E-state index in [9.17, 15) is 9.59 Å². The van der Waals surface area contributed by atoms with Crippen LogP contribution in [-0.4, -0.2) is 21.5 Å². The minimum atomic E-state index is -0.421. The summed E-state index contributed by atoms with van der Waals surface area (Å²) in [4.78, 5) is 31.6. The summed E-state index contributed by atoms with van der Waals surface area (Å²) in [7, 11) is 0. The minimum Gasteiger partial charge on any atom is -0.305 e. The van der Waals surface area contributed by atoms with Crippen molar-refractivity contribution in [1.29, 1.82) is 0 Å². The Morgan fingerprint density at radius 3 is 2.48 bits per heavy atom. The van der Waals surface area contributed by atoms with Crippen molar-refractivity contribution >= 4 is 40.4 Å². The number of ketones is 1. The fourth-order valence-electron chi connectivity index (χ4n) is 2.32. The first-order valence-electron chi connectivity index (χ1n) is 7.90. The number of benzene rings is 2. The first-order valence-corrected chi connectivity index (χ1v) is 8.66. The first-order chi connectivity index (χ1) is 12.9.